The molecule has 0 radical (unpaired) electrons. The van der Waals surface area contributed by atoms with Gasteiger partial charge in [0.2, 0.25) is 0 Å². The van der Waals surface area contributed by atoms with Crippen molar-refractivity contribution >= 4 is 0 Å². The van der Waals surface area contributed by atoms with Crippen LogP contribution >= 0.6 is 0 Å². The van der Waals surface area contributed by atoms with Crippen LogP contribution in [-0.4, -0.2) is 18.4 Å². The molecule has 0 aromatic heterocycles. The smallest absolute Gasteiger partial charge is 0.122 e. The van der Waals surface area contributed by atoms with Crippen LogP contribution in [0.4, 0.5) is 0 Å². The van der Waals surface area contributed by atoms with Crippen molar-refractivity contribution in [1.29, 1.82) is 0 Å². The highest BCUT2D eigenvalue weighted by Gasteiger charge is 2.68. The number of fused-ring (bicyclic) bond motifs is 7. The van der Waals surface area contributed by atoms with E-state index in [1.807, 2.05) is 0 Å². The van der Waals surface area contributed by atoms with Crippen LogP contribution in [0.5, 0.6) is 0 Å². The van der Waals surface area contributed by atoms with Gasteiger partial charge in [-0.3, -0.25) is 5.32 Å². The Bertz CT molecular complexity index is 682. The van der Waals surface area contributed by atoms with Gasteiger partial charge in [-0.1, -0.05) is 41.0 Å². The van der Waals surface area contributed by atoms with Crippen molar-refractivity contribution in [2.75, 3.05) is 6.54 Å². The standard InChI is InChI=1S/C28H47NO/c1-17-8-11-26(4)20(14-17)6-7-21-22(26)10-12-27(5)23(21)15-24-25(27)19(3)28(30-24)13-9-18(2)16-29-28/h17-25,29H,6-16H2,1-5H3. The van der Waals surface area contributed by atoms with Crippen molar-refractivity contribution in [2.24, 2.45) is 58.2 Å². The van der Waals surface area contributed by atoms with Crippen molar-refractivity contribution in [3.05, 3.63) is 0 Å². The van der Waals surface area contributed by atoms with E-state index in [9.17, 15) is 0 Å². The first-order valence-electron chi connectivity index (χ1n) is 13.7. The number of hydrogen-bond donors (Lipinski definition) is 1. The molecule has 2 aliphatic heterocycles. The number of rotatable bonds is 0. The van der Waals surface area contributed by atoms with E-state index in [2.05, 4.69) is 39.9 Å². The first kappa shape index (κ1) is 20.5. The van der Waals surface area contributed by atoms with Crippen LogP contribution in [0.15, 0.2) is 0 Å². The van der Waals surface area contributed by atoms with Gasteiger partial charge in [0.25, 0.3) is 0 Å². The minimum absolute atomic E-state index is 0.00415. The second kappa shape index (κ2) is 6.72. The number of hydrogen-bond acceptors (Lipinski definition) is 2. The zero-order valence-electron chi connectivity index (χ0n) is 20.4. The average molecular weight is 414 g/mol. The fourth-order valence-electron chi connectivity index (χ4n) is 10.7. The number of piperidine rings is 1. The third-order valence-electron chi connectivity index (χ3n) is 12.4. The van der Waals surface area contributed by atoms with Crippen LogP contribution in [0.1, 0.15) is 98.8 Å². The van der Waals surface area contributed by atoms with Crippen molar-refractivity contribution in [3.63, 3.8) is 0 Å². The van der Waals surface area contributed by atoms with Gasteiger partial charge >= 0.3 is 0 Å². The normalized spacial score (nSPS) is 62.5. The topological polar surface area (TPSA) is 21.3 Å². The lowest BCUT2D eigenvalue weighted by Gasteiger charge is -2.61. The Morgan fingerprint density at radius 2 is 1.53 bits per heavy atom. The molecule has 2 heterocycles. The highest BCUT2D eigenvalue weighted by atomic mass is 16.5. The molecule has 6 fully saturated rings. The van der Waals surface area contributed by atoms with E-state index in [0.717, 1.165) is 48.0 Å². The molecule has 2 saturated heterocycles. The van der Waals surface area contributed by atoms with Crippen molar-refractivity contribution in [2.45, 2.75) is 111 Å². The molecule has 1 spiro atoms. The summed E-state index contributed by atoms with van der Waals surface area (Å²) < 4.78 is 7.05. The molecular weight excluding hydrogens is 366 g/mol. The Balaban J connectivity index is 1.26. The van der Waals surface area contributed by atoms with Gasteiger partial charge in [-0.05, 0) is 110 Å². The average Bonchev–Trinajstić information content (AvgIpc) is 3.16. The van der Waals surface area contributed by atoms with Gasteiger partial charge in [0.1, 0.15) is 5.72 Å². The summed E-state index contributed by atoms with van der Waals surface area (Å²) in [5, 5.41) is 3.92. The quantitative estimate of drug-likeness (QED) is 0.480. The van der Waals surface area contributed by atoms with Crippen LogP contribution in [-0.2, 0) is 4.74 Å². The van der Waals surface area contributed by atoms with Crippen LogP contribution in [0.2, 0.25) is 0 Å². The maximum atomic E-state index is 7.05. The van der Waals surface area contributed by atoms with E-state index < -0.39 is 0 Å². The Kier molecular flexibility index (Phi) is 4.60. The van der Waals surface area contributed by atoms with E-state index in [4.69, 9.17) is 4.74 Å². The Morgan fingerprint density at radius 1 is 0.767 bits per heavy atom. The highest BCUT2D eigenvalue weighted by Crippen LogP contribution is 2.71. The van der Waals surface area contributed by atoms with E-state index in [1.54, 1.807) is 0 Å². The van der Waals surface area contributed by atoms with Crippen molar-refractivity contribution < 1.29 is 4.74 Å². The predicted molar refractivity (Wildman–Crippen MR) is 123 cm³/mol. The molecule has 0 bridgehead atoms. The third kappa shape index (κ3) is 2.62. The van der Waals surface area contributed by atoms with E-state index in [1.165, 1.54) is 64.2 Å². The van der Waals surface area contributed by atoms with Gasteiger partial charge in [-0.2, -0.15) is 0 Å². The molecule has 170 valence electrons. The van der Waals surface area contributed by atoms with Crippen LogP contribution in [0.3, 0.4) is 0 Å². The molecule has 2 heteroatoms. The molecule has 2 nitrogen and oxygen atoms in total. The molecule has 0 aromatic carbocycles. The third-order valence-corrected chi connectivity index (χ3v) is 12.4. The summed E-state index contributed by atoms with van der Waals surface area (Å²) in [5.74, 6) is 7.14. The fourth-order valence-corrected chi connectivity index (χ4v) is 10.7. The molecule has 1 N–H and O–H groups in total. The van der Waals surface area contributed by atoms with Crippen LogP contribution < -0.4 is 5.32 Å². The summed E-state index contributed by atoms with van der Waals surface area (Å²) in [4.78, 5) is 0. The molecule has 4 saturated carbocycles. The molecule has 12 unspecified atom stereocenters. The summed E-state index contributed by atoms with van der Waals surface area (Å²) in [5.41, 5.74) is 1.16. The first-order chi connectivity index (χ1) is 14.3. The molecule has 6 aliphatic rings. The lowest BCUT2D eigenvalue weighted by atomic mass is 9.44. The first-order valence-corrected chi connectivity index (χ1v) is 13.7. The summed E-state index contributed by atoms with van der Waals surface area (Å²) >= 11 is 0. The summed E-state index contributed by atoms with van der Waals surface area (Å²) in [6.45, 7) is 14.0. The molecule has 0 aromatic rings. The zero-order chi connectivity index (χ0) is 20.9. The lowest BCUT2D eigenvalue weighted by molar-refractivity contribution is -0.135. The van der Waals surface area contributed by atoms with E-state index >= 15 is 0 Å². The Labute approximate surface area is 185 Å². The van der Waals surface area contributed by atoms with Crippen LogP contribution in [0, 0.1) is 58.2 Å². The largest absolute Gasteiger partial charge is 0.357 e. The second-order valence-electron chi connectivity index (χ2n) is 13.7. The van der Waals surface area contributed by atoms with E-state index in [-0.39, 0.29) is 5.72 Å². The van der Waals surface area contributed by atoms with Gasteiger partial charge in [-0.25, -0.2) is 0 Å². The molecular formula is C28H47NO. The Hall–Kier alpha value is -0.0800. The van der Waals surface area contributed by atoms with Gasteiger partial charge in [0.15, 0.2) is 0 Å². The van der Waals surface area contributed by atoms with Crippen molar-refractivity contribution in [3.8, 4) is 0 Å². The van der Waals surface area contributed by atoms with Gasteiger partial charge in [0, 0.05) is 12.5 Å². The SMILES string of the molecule is CC1CCC2(NC1)OC1CC3C4CCC5CC(C)CCC5(C)C4CCC3(C)C1C2C. The molecule has 6 rings (SSSR count). The summed E-state index contributed by atoms with van der Waals surface area (Å²) in [7, 11) is 0. The second-order valence-corrected chi connectivity index (χ2v) is 13.7. The lowest BCUT2D eigenvalue weighted by Crippen LogP contribution is -2.57. The summed E-state index contributed by atoms with van der Waals surface area (Å²) in [6.07, 6.45) is 15.0. The molecule has 4 aliphatic carbocycles. The van der Waals surface area contributed by atoms with Gasteiger partial charge in [0.05, 0.1) is 6.10 Å². The molecule has 0 amide bonds. The highest BCUT2D eigenvalue weighted by molar-refractivity contribution is 5.16. The van der Waals surface area contributed by atoms with Gasteiger partial charge in [-0.15, -0.1) is 0 Å². The summed E-state index contributed by atoms with van der Waals surface area (Å²) in [6, 6.07) is 0. The van der Waals surface area contributed by atoms with Crippen molar-refractivity contribution in [1.82, 2.24) is 5.32 Å². The molecule has 30 heavy (non-hydrogen) atoms. The fraction of sp³-hybridized carbons (Fsp3) is 1.00. The molecule has 12 atom stereocenters. The van der Waals surface area contributed by atoms with E-state index in [0.29, 0.717) is 22.9 Å². The zero-order valence-corrected chi connectivity index (χ0v) is 20.4. The maximum absolute atomic E-state index is 7.05. The number of ether oxygens (including phenoxy) is 1. The predicted octanol–water partition coefficient (Wildman–Crippen LogP) is 6.64. The minimum Gasteiger partial charge on any atom is -0.357 e. The monoisotopic (exact) mass is 413 g/mol. The number of nitrogens with one attached hydrogen (secondary N) is 1. The maximum Gasteiger partial charge on any atom is 0.122 e. The van der Waals surface area contributed by atoms with Gasteiger partial charge < -0.3 is 4.74 Å². The Morgan fingerprint density at radius 3 is 2.30 bits per heavy atom. The minimum atomic E-state index is -0.00415. The van der Waals surface area contributed by atoms with Crippen LogP contribution in [0.25, 0.3) is 0 Å².